The van der Waals surface area contributed by atoms with Crippen LogP contribution in [0.2, 0.25) is 0 Å². The molecule has 90 valence electrons. The molecule has 0 fully saturated rings. The second kappa shape index (κ2) is 5.32. The zero-order valence-electron chi connectivity index (χ0n) is 9.90. The first-order valence-corrected chi connectivity index (χ1v) is 6.83. The molecule has 0 unspecified atom stereocenters. The van der Waals surface area contributed by atoms with E-state index in [4.69, 9.17) is 0 Å². The maximum Gasteiger partial charge on any atom is 0.211 e. The number of hydrogen-bond donors (Lipinski definition) is 1. The van der Waals surface area contributed by atoms with Crippen molar-refractivity contribution < 1.29 is 8.42 Å². The zero-order chi connectivity index (χ0) is 12.2. The fraction of sp³-hybridized carbons (Fsp3) is 0.455. The molecule has 5 heteroatoms. The molecule has 0 aromatic heterocycles. The van der Waals surface area contributed by atoms with Crippen LogP contribution in [-0.2, 0) is 16.6 Å². The van der Waals surface area contributed by atoms with E-state index in [0.29, 0.717) is 6.54 Å². The zero-order valence-corrected chi connectivity index (χ0v) is 10.7. The monoisotopic (exact) mass is 242 g/mol. The Morgan fingerprint density at radius 3 is 2.19 bits per heavy atom. The summed E-state index contributed by atoms with van der Waals surface area (Å²) in [5.74, 6) is 0.114. The fourth-order valence-corrected chi connectivity index (χ4v) is 1.80. The van der Waals surface area contributed by atoms with E-state index in [1.807, 2.05) is 43.3 Å². The first-order chi connectivity index (χ1) is 7.44. The van der Waals surface area contributed by atoms with E-state index >= 15 is 0 Å². The van der Waals surface area contributed by atoms with Gasteiger partial charge in [-0.25, -0.2) is 13.1 Å². The molecular weight excluding hydrogens is 224 g/mol. The van der Waals surface area contributed by atoms with Crippen LogP contribution in [-0.4, -0.2) is 28.3 Å². The maximum atomic E-state index is 11.2. The largest absolute Gasteiger partial charge is 0.378 e. The van der Waals surface area contributed by atoms with Crippen molar-refractivity contribution in [2.45, 2.75) is 13.5 Å². The number of hydrogen-bond acceptors (Lipinski definition) is 3. The number of nitrogens with one attached hydrogen (secondary N) is 1. The van der Waals surface area contributed by atoms with Crippen molar-refractivity contribution in [1.29, 1.82) is 0 Å². The average molecular weight is 242 g/mol. The third-order valence-corrected chi connectivity index (χ3v) is 3.67. The van der Waals surface area contributed by atoms with Crippen molar-refractivity contribution in [2.75, 3.05) is 24.7 Å². The predicted octanol–water partition coefficient (Wildman–Crippen LogP) is 1.19. The number of benzene rings is 1. The molecule has 0 saturated heterocycles. The summed E-state index contributed by atoms with van der Waals surface area (Å²) in [4.78, 5) is 2.00. The summed E-state index contributed by atoms with van der Waals surface area (Å²) in [6.07, 6.45) is 0. The number of nitrogens with zero attached hydrogens (tertiary/aromatic N) is 1. The lowest BCUT2D eigenvalue weighted by molar-refractivity contribution is 0.582. The predicted molar refractivity (Wildman–Crippen MR) is 67.1 cm³/mol. The van der Waals surface area contributed by atoms with Crippen LogP contribution in [0.4, 0.5) is 5.69 Å². The van der Waals surface area contributed by atoms with Crippen molar-refractivity contribution in [3.63, 3.8) is 0 Å². The van der Waals surface area contributed by atoms with Crippen LogP contribution < -0.4 is 9.62 Å². The molecular formula is C11H18N2O2S. The summed E-state index contributed by atoms with van der Waals surface area (Å²) in [7, 11) is 0.830. The van der Waals surface area contributed by atoms with Crippen LogP contribution in [0.25, 0.3) is 0 Å². The maximum absolute atomic E-state index is 11.2. The van der Waals surface area contributed by atoms with Gasteiger partial charge in [0, 0.05) is 26.3 Å². The summed E-state index contributed by atoms with van der Waals surface area (Å²) in [6, 6.07) is 7.78. The Morgan fingerprint density at radius 1 is 1.19 bits per heavy atom. The topological polar surface area (TPSA) is 49.4 Å². The van der Waals surface area contributed by atoms with E-state index < -0.39 is 10.0 Å². The van der Waals surface area contributed by atoms with Crippen molar-refractivity contribution in [1.82, 2.24) is 4.72 Å². The Kier molecular flexibility index (Phi) is 4.32. The molecule has 1 N–H and O–H groups in total. The van der Waals surface area contributed by atoms with Gasteiger partial charge in [0.15, 0.2) is 0 Å². The smallest absolute Gasteiger partial charge is 0.211 e. The molecule has 0 bridgehead atoms. The third-order valence-electron chi connectivity index (χ3n) is 2.33. The third kappa shape index (κ3) is 3.83. The molecule has 0 saturated carbocycles. The molecule has 0 amide bonds. The van der Waals surface area contributed by atoms with Crippen LogP contribution in [0.1, 0.15) is 12.5 Å². The van der Waals surface area contributed by atoms with E-state index in [1.165, 1.54) is 0 Å². The van der Waals surface area contributed by atoms with Crippen LogP contribution in [0.3, 0.4) is 0 Å². The summed E-state index contributed by atoms with van der Waals surface area (Å²) < 4.78 is 25.0. The molecule has 0 atom stereocenters. The lowest BCUT2D eigenvalue weighted by Gasteiger charge is -2.12. The molecule has 0 aliphatic carbocycles. The molecule has 0 radical (unpaired) electrons. The van der Waals surface area contributed by atoms with E-state index in [1.54, 1.807) is 6.92 Å². The van der Waals surface area contributed by atoms with Crippen molar-refractivity contribution in [3.05, 3.63) is 29.8 Å². The quantitative estimate of drug-likeness (QED) is 0.844. The van der Waals surface area contributed by atoms with Gasteiger partial charge in [-0.15, -0.1) is 0 Å². The Hall–Kier alpha value is -1.07. The molecule has 1 aromatic rings. The second-order valence-electron chi connectivity index (χ2n) is 3.79. The lowest BCUT2D eigenvalue weighted by atomic mass is 10.2. The highest BCUT2D eigenvalue weighted by Gasteiger charge is 2.05. The first-order valence-electron chi connectivity index (χ1n) is 5.18. The van der Waals surface area contributed by atoms with Gasteiger partial charge in [-0.1, -0.05) is 12.1 Å². The Morgan fingerprint density at radius 2 is 1.75 bits per heavy atom. The molecule has 0 aliphatic rings. The van der Waals surface area contributed by atoms with Gasteiger partial charge in [0.25, 0.3) is 0 Å². The Bertz CT molecular complexity index is 424. The standard InChI is InChI=1S/C11H18N2O2S/c1-4-16(14,15)12-9-10-5-7-11(8-6-10)13(2)3/h5-8,12H,4,9H2,1-3H3. The van der Waals surface area contributed by atoms with Gasteiger partial charge in [0.05, 0.1) is 5.75 Å². The molecule has 1 rings (SSSR count). The van der Waals surface area contributed by atoms with Gasteiger partial charge < -0.3 is 4.90 Å². The Labute approximate surface area is 97.3 Å². The summed E-state index contributed by atoms with van der Waals surface area (Å²) in [6.45, 7) is 1.97. The van der Waals surface area contributed by atoms with Gasteiger partial charge in [0.2, 0.25) is 10.0 Å². The van der Waals surface area contributed by atoms with Crippen molar-refractivity contribution in [3.8, 4) is 0 Å². The first kappa shape index (κ1) is 13.0. The second-order valence-corrected chi connectivity index (χ2v) is 5.88. The van der Waals surface area contributed by atoms with Gasteiger partial charge in [-0.2, -0.15) is 0 Å². The van der Waals surface area contributed by atoms with Gasteiger partial charge >= 0.3 is 0 Å². The van der Waals surface area contributed by atoms with Crippen LogP contribution >= 0.6 is 0 Å². The SMILES string of the molecule is CCS(=O)(=O)NCc1ccc(N(C)C)cc1. The fourth-order valence-electron chi connectivity index (χ4n) is 1.21. The van der Waals surface area contributed by atoms with Crippen LogP contribution in [0, 0.1) is 0 Å². The molecule has 0 heterocycles. The van der Waals surface area contributed by atoms with Crippen molar-refractivity contribution in [2.24, 2.45) is 0 Å². The molecule has 16 heavy (non-hydrogen) atoms. The minimum atomic E-state index is -3.10. The van der Waals surface area contributed by atoms with Crippen LogP contribution in [0.15, 0.2) is 24.3 Å². The highest BCUT2D eigenvalue weighted by Crippen LogP contribution is 2.12. The summed E-state index contributed by atoms with van der Waals surface area (Å²) in [5.41, 5.74) is 2.06. The molecule has 0 spiro atoms. The molecule has 1 aromatic carbocycles. The van der Waals surface area contributed by atoms with E-state index in [0.717, 1.165) is 11.3 Å². The molecule has 0 aliphatic heterocycles. The van der Waals surface area contributed by atoms with E-state index in [2.05, 4.69) is 4.72 Å². The number of sulfonamides is 1. The highest BCUT2D eigenvalue weighted by atomic mass is 32.2. The Balaban J connectivity index is 2.63. The van der Waals surface area contributed by atoms with Gasteiger partial charge in [-0.3, -0.25) is 0 Å². The normalized spacial score (nSPS) is 11.4. The average Bonchev–Trinajstić information content (AvgIpc) is 2.27. The summed E-state index contributed by atoms with van der Waals surface area (Å²) >= 11 is 0. The lowest BCUT2D eigenvalue weighted by Crippen LogP contribution is -2.24. The van der Waals surface area contributed by atoms with Gasteiger partial charge in [0.1, 0.15) is 0 Å². The number of rotatable bonds is 5. The highest BCUT2D eigenvalue weighted by molar-refractivity contribution is 7.89. The van der Waals surface area contributed by atoms with E-state index in [-0.39, 0.29) is 5.75 Å². The summed E-state index contributed by atoms with van der Waals surface area (Å²) in [5, 5.41) is 0. The van der Waals surface area contributed by atoms with Crippen LogP contribution in [0.5, 0.6) is 0 Å². The molecule has 4 nitrogen and oxygen atoms in total. The minimum Gasteiger partial charge on any atom is -0.378 e. The van der Waals surface area contributed by atoms with E-state index in [9.17, 15) is 8.42 Å². The van der Waals surface area contributed by atoms with Crippen molar-refractivity contribution >= 4 is 15.7 Å². The minimum absolute atomic E-state index is 0.114. The number of anilines is 1. The van der Waals surface area contributed by atoms with Gasteiger partial charge in [-0.05, 0) is 24.6 Å².